The minimum absolute atomic E-state index is 0.171. The molecule has 0 radical (unpaired) electrons. The summed E-state index contributed by atoms with van der Waals surface area (Å²) in [6.07, 6.45) is 1.72. The second-order valence-electron chi connectivity index (χ2n) is 5.49. The van der Waals surface area contributed by atoms with Gasteiger partial charge in [0.25, 0.3) is 0 Å². The van der Waals surface area contributed by atoms with E-state index in [0.717, 1.165) is 0 Å². The van der Waals surface area contributed by atoms with Gasteiger partial charge in [0.05, 0.1) is 24.1 Å². The Balaban J connectivity index is 1.95. The van der Waals surface area contributed by atoms with E-state index in [-0.39, 0.29) is 18.2 Å². The van der Waals surface area contributed by atoms with Gasteiger partial charge in [-0.2, -0.15) is 4.40 Å². The number of ether oxygens (including phenoxy) is 1. The molecule has 1 aliphatic carbocycles. The minimum atomic E-state index is -3.37. The molecule has 0 saturated carbocycles. The first-order chi connectivity index (χ1) is 12.9. The van der Waals surface area contributed by atoms with Crippen LogP contribution in [0.4, 0.5) is 0 Å². The van der Waals surface area contributed by atoms with Crippen LogP contribution in [-0.2, 0) is 9.53 Å². The summed E-state index contributed by atoms with van der Waals surface area (Å²) >= 11 is 2.42. The highest BCUT2D eigenvalue weighted by molar-refractivity contribution is 8.24. The van der Waals surface area contributed by atoms with E-state index in [0.29, 0.717) is 31.7 Å². The van der Waals surface area contributed by atoms with E-state index in [1.807, 2.05) is 0 Å². The lowest BCUT2D eigenvalue weighted by molar-refractivity contribution is -0.140. The van der Waals surface area contributed by atoms with Gasteiger partial charge in [0.15, 0.2) is 5.78 Å². The molecular formula is C18H17NO5S3. The zero-order chi connectivity index (χ0) is 19.4. The molecule has 0 fully saturated rings. The Morgan fingerprint density at radius 2 is 1.96 bits per heavy atom. The lowest BCUT2D eigenvalue weighted by Gasteiger charge is -2.27. The largest absolute Gasteiger partial charge is 0.469 e. The van der Waals surface area contributed by atoms with Crippen molar-refractivity contribution in [1.29, 1.82) is 0 Å². The Morgan fingerprint density at radius 1 is 1.22 bits per heavy atom. The van der Waals surface area contributed by atoms with Crippen molar-refractivity contribution in [1.82, 2.24) is 0 Å². The van der Waals surface area contributed by atoms with Gasteiger partial charge >= 0.3 is 5.97 Å². The molecule has 2 N–H and O–H groups in total. The Kier molecular flexibility index (Phi) is 6.18. The van der Waals surface area contributed by atoms with E-state index >= 15 is 0 Å². The molecule has 1 aromatic heterocycles. The molecule has 0 atom stereocenters. The summed E-state index contributed by atoms with van der Waals surface area (Å²) in [7, 11) is -2.06. The molecule has 3 rings (SSSR count). The Morgan fingerprint density at radius 3 is 2.63 bits per heavy atom. The smallest absolute Gasteiger partial charge is 0.306 e. The number of fused-ring (bicyclic) bond motifs is 1. The van der Waals surface area contributed by atoms with Crippen LogP contribution >= 0.6 is 33.9 Å². The first-order valence-electron chi connectivity index (χ1n) is 7.89. The predicted molar refractivity (Wildman–Crippen MR) is 110 cm³/mol. The minimum Gasteiger partial charge on any atom is -0.469 e. The van der Waals surface area contributed by atoms with Crippen molar-refractivity contribution < 1.29 is 23.4 Å². The number of esters is 1. The third-order valence-corrected chi connectivity index (χ3v) is 7.49. The number of ketones is 1. The molecule has 1 heterocycles. The number of thiophene rings is 1. The van der Waals surface area contributed by atoms with Gasteiger partial charge in [-0.3, -0.25) is 18.7 Å². The van der Waals surface area contributed by atoms with Crippen LogP contribution in [0.1, 0.15) is 22.3 Å². The maximum Gasteiger partial charge on any atom is 0.306 e. The van der Waals surface area contributed by atoms with Crippen molar-refractivity contribution in [3.63, 3.8) is 0 Å². The SMILES string of the molecule is COC(=O)CCSC1=CC(=NS(O)(O)c2cccs2)c2ccccc2C1=O. The fourth-order valence-corrected chi connectivity index (χ4v) is 5.38. The average Bonchev–Trinajstić information content (AvgIpc) is 3.20. The molecule has 0 amide bonds. The monoisotopic (exact) mass is 423 g/mol. The van der Waals surface area contributed by atoms with Crippen LogP contribution < -0.4 is 0 Å². The first kappa shape index (κ1) is 19.8. The lowest BCUT2D eigenvalue weighted by atomic mass is 9.94. The number of rotatable bonds is 6. The summed E-state index contributed by atoms with van der Waals surface area (Å²) in [5.41, 5.74) is 1.33. The first-order valence-corrected chi connectivity index (χ1v) is 11.3. The van der Waals surface area contributed by atoms with Gasteiger partial charge in [0.2, 0.25) is 0 Å². The number of hydrogen-bond donors (Lipinski definition) is 2. The van der Waals surface area contributed by atoms with Gasteiger partial charge in [-0.1, -0.05) is 35.0 Å². The van der Waals surface area contributed by atoms with Crippen LogP contribution in [0.25, 0.3) is 0 Å². The van der Waals surface area contributed by atoms with E-state index < -0.39 is 10.8 Å². The molecule has 142 valence electrons. The number of methoxy groups -OCH3 is 1. The standard InChI is InChI=1S/C18H17NO5S3/c1-24-16(20)8-10-25-15-11-14(12-5-2-3-6-13(12)18(15)21)19-27(22,23)17-7-4-9-26-17/h2-7,9,11,22-23H,8,10H2,1H3. The molecule has 0 bridgehead atoms. The highest BCUT2D eigenvalue weighted by atomic mass is 32.3. The third-order valence-electron chi connectivity index (χ3n) is 3.72. The van der Waals surface area contributed by atoms with Crippen molar-refractivity contribution >= 4 is 51.3 Å². The number of carbonyl (C=O) groups excluding carboxylic acids is 2. The van der Waals surface area contributed by atoms with Crippen LogP contribution in [0.2, 0.25) is 0 Å². The quantitative estimate of drug-likeness (QED) is 0.657. The maximum absolute atomic E-state index is 12.7. The summed E-state index contributed by atoms with van der Waals surface area (Å²) in [4.78, 5) is 24.4. The number of allylic oxidation sites excluding steroid dienone is 2. The molecule has 6 nitrogen and oxygen atoms in total. The lowest BCUT2D eigenvalue weighted by Crippen LogP contribution is -2.17. The van der Waals surface area contributed by atoms with Gasteiger partial charge in [-0.05, 0) is 23.6 Å². The molecule has 0 spiro atoms. The molecular weight excluding hydrogens is 406 g/mol. The fourth-order valence-electron chi connectivity index (χ4n) is 2.44. The van der Waals surface area contributed by atoms with Gasteiger partial charge in [-0.15, -0.1) is 23.1 Å². The zero-order valence-corrected chi connectivity index (χ0v) is 16.8. The maximum atomic E-state index is 12.7. The summed E-state index contributed by atoms with van der Waals surface area (Å²) in [5, 5.41) is 1.74. The summed E-state index contributed by atoms with van der Waals surface area (Å²) < 4.78 is 30.1. The van der Waals surface area contributed by atoms with Crippen LogP contribution in [0.3, 0.4) is 0 Å². The van der Waals surface area contributed by atoms with Crippen LogP contribution in [0.5, 0.6) is 0 Å². The molecule has 2 aromatic rings. The van der Waals surface area contributed by atoms with E-state index in [2.05, 4.69) is 9.13 Å². The highest BCUT2D eigenvalue weighted by Gasteiger charge is 2.27. The van der Waals surface area contributed by atoms with E-state index in [4.69, 9.17) is 0 Å². The summed E-state index contributed by atoms with van der Waals surface area (Å²) in [6, 6.07) is 10.2. The number of nitrogens with zero attached hydrogens (tertiary/aromatic N) is 1. The molecule has 1 aromatic carbocycles. The van der Waals surface area contributed by atoms with Crippen LogP contribution in [0.15, 0.2) is 61.4 Å². The van der Waals surface area contributed by atoms with Gasteiger partial charge in [0, 0.05) is 16.9 Å². The van der Waals surface area contributed by atoms with Crippen molar-refractivity contribution in [2.24, 2.45) is 4.40 Å². The Bertz CT molecular complexity index is 919. The summed E-state index contributed by atoms with van der Waals surface area (Å²) in [5.74, 6) is -0.152. The fraction of sp³-hybridized carbons (Fsp3) is 0.167. The van der Waals surface area contributed by atoms with Crippen molar-refractivity contribution in [2.75, 3.05) is 12.9 Å². The number of thioether (sulfide) groups is 1. The summed E-state index contributed by atoms with van der Waals surface area (Å²) in [6.45, 7) is 0. The van der Waals surface area contributed by atoms with E-state index in [1.54, 1.807) is 47.9 Å². The molecule has 9 heteroatoms. The topological polar surface area (TPSA) is 96.2 Å². The predicted octanol–water partition coefficient (Wildman–Crippen LogP) is 4.64. The second kappa shape index (κ2) is 8.41. The Labute approximate surface area is 166 Å². The van der Waals surface area contributed by atoms with E-state index in [9.17, 15) is 18.7 Å². The molecule has 1 aliphatic rings. The van der Waals surface area contributed by atoms with Gasteiger partial charge < -0.3 is 4.74 Å². The van der Waals surface area contributed by atoms with Crippen molar-refractivity contribution in [3.8, 4) is 0 Å². The second-order valence-corrected chi connectivity index (χ2v) is 9.49. The van der Waals surface area contributed by atoms with Crippen molar-refractivity contribution in [3.05, 3.63) is 63.9 Å². The Hall–Kier alpha value is -1.91. The van der Waals surface area contributed by atoms with Gasteiger partial charge in [0.1, 0.15) is 4.21 Å². The third kappa shape index (κ3) is 4.50. The molecule has 27 heavy (non-hydrogen) atoms. The molecule has 0 saturated heterocycles. The normalized spacial score (nSPS) is 16.0. The number of benzene rings is 1. The highest BCUT2D eigenvalue weighted by Crippen LogP contribution is 2.52. The number of Topliss-reactive ketones (excluding diaryl/α,β-unsaturated/α-hetero) is 1. The number of hydrogen-bond acceptors (Lipinski definition) is 8. The average molecular weight is 424 g/mol. The van der Waals surface area contributed by atoms with Crippen molar-refractivity contribution in [2.45, 2.75) is 10.6 Å². The number of carbonyl (C=O) groups is 2. The molecule has 0 aliphatic heterocycles. The molecule has 0 unspecified atom stereocenters. The van der Waals surface area contributed by atoms with E-state index in [1.165, 1.54) is 30.2 Å². The zero-order valence-electron chi connectivity index (χ0n) is 14.3. The van der Waals surface area contributed by atoms with Crippen LogP contribution in [0, 0.1) is 0 Å². The van der Waals surface area contributed by atoms with Crippen LogP contribution in [-0.4, -0.2) is 39.4 Å². The van der Waals surface area contributed by atoms with Gasteiger partial charge in [-0.25, -0.2) is 0 Å².